The fraction of sp³-hybridized carbons (Fsp3) is 0. The van der Waals surface area contributed by atoms with E-state index in [2.05, 4.69) is 0 Å². The van der Waals surface area contributed by atoms with Gasteiger partial charge in [-0.1, -0.05) is 0 Å². The average molecular weight is 3950 g/mol. The van der Waals surface area contributed by atoms with Crippen molar-refractivity contribution in [1.29, 1.82) is 0 Å². The van der Waals surface area contributed by atoms with Crippen LogP contribution in [0.4, 0.5) is 0 Å². The van der Waals surface area contributed by atoms with E-state index in [-0.39, 0.29) is 632 Å². The van der Waals surface area contributed by atoms with Crippen LogP contribution in [0, 0.1) is 0 Å². The van der Waals surface area contributed by atoms with Crippen LogP contribution in [0.5, 0.6) is 0 Å². The van der Waals surface area contributed by atoms with Gasteiger partial charge in [-0.15, -0.1) is 0 Å². The Bertz CT molecular complexity index is 29.0. The molecule has 0 heterocycles. The Morgan fingerprint density at radius 2 is 0.120 bits per heavy atom. The first-order chi connectivity index (χ1) is 0. The monoisotopic (exact) mass is 3960 g/mol. The second kappa shape index (κ2) is 203. The van der Waals surface area contributed by atoms with Crippen molar-refractivity contribution in [2.75, 3.05) is 0 Å². The Morgan fingerprint density at radius 3 is 0.120 bits per heavy atom. The zero-order valence-corrected chi connectivity index (χ0v) is 87.6. The number of rotatable bonds is 0. The molecule has 0 fully saturated rings. The maximum Gasteiger partial charge on any atom is 3.00 e. The molecular weight excluding hydrogens is 3950 g/mol. The summed E-state index contributed by atoms with van der Waals surface area (Å²) in [6.45, 7) is 0. The van der Waals surface area contributed by atoms with Crippen LogP contribution in [0.2, 0.25) is 0 Å². The fourth-order valence-corrected chi connectivity index (χ4v) is 0. The van der Waals surface area contributed by atoms with Gasteiger partial charge in [-0.2, -0.15) is 0 Å². The van der Waals surface area contributed by atoms with Gasteiger partial charge in [-0.05, 0) is 0 Å². The third kappa shape index (κ3) is 193. The van der Waals surface area contributed by atoms with Crippen LogP contribution in [0.1, 0.15) is 0 Å². The molecule has 0 bridgehead atoms. The van der Waals surface area contributed by atoms with Crippen LogP contribution in [0.3, 0.4) is 0 Å². The molecule has 0 N–H and O–H groups in total. The van der Waals surface area contributed by atoms with Gasteiger partial charge in [0.25, 0.3) is 0 Å². The standard InChI is InChI=1S/Bi.15HI.9Tl/h;15*1H;;;;;;;;;/q+3;;;;;;;;;;;;;;;;9*+1/p-15. The first-order valence-corrected chi connectivity index (χ1v) is 0. The summed E-state index contributed by atoms with van der Waals surface area (Å²) < 4.78 is 0. The van der Waals surface area contributed by atoms with Gasteiger partial charge in [0.15, 0.2) is 0 Å². The van der Waals surface area contributed by atoms with E-state index in [1.165, 1.54) is 0 Å². The molecule has 25 heavy (non-hydrogen) atoms. The molecule has 0 spiro atoms. The number of hydrogen-bond donors (Lipinski definition) is 0. The Hall–Kier alpha value is 20.1. The molecule has 140 valence electrons. The summed E-state index contributed by atoms with van der Waals surface area (Å²) in [5.41, 5.74) is 0. The van der Waals surface area contributed by atoms with E-state index < -0.39 is 0 Å². The second-order valence-electron chi connectivity index (χ2n) is 0. The minimum atomic E-state index is 0. The molecule has 0 amide bonds. The predicted octanol–water partition coefficient (Wildman–Crippen LogP) is -48.7. The summed E-state index contributed by atoms with van der Waals surface area (Å²) in [6, 6.07) is 0. The van der Waals surface area contributed by atoms with Gasteiger partial charge >= 0.3 is 272 Å². The van der Waals surface area contributed by atoms with Gasteiger partial charge in [-0.25, -0.2) is 0 Å². The molecule has 0 atom stereocenters. The number of halogens is 15. The molecule has 0 aliphatic carbocycles. The van der Waals surface area contributed by atoms with Crippen LogP contribution in [-0.2, 0) is 0 Å². The summed E-state index contributed by atoms with van der Waals surface area (Å²) in [7, 11) is 0. The molecule has 0 nitrogen and oxygen atoms in total. The van der Waals surface area contributed by atoms with E-state index in [1.54, 1.807) is 0 Å². The summed E-state index contributed by atoms with van der Waals surface area (Å²) in [5, 5.41) is 0. The molecule has 25 heteroatoms. The third-order valence-electron chi connectivity index (χ3n) is 0. The minimum absolute atomic E-state index is 0. The maximum absolute atomic E-state index is 0. The van der Waals surface area contributed by atoms with Gasteiger partial charge in [0.05, 0.1) is 0 Å². The van der Waals surface area contributed by atoms with Crippen LogP contribution in [-0.4, -0.2) is 272 Å². The second-order valence-corrected chi connectivity index (χ2v) is 0. The van der Waals surface area contributed by atoms with Crippen molar-refractivity contribution < 1.29 is 360 Å². The molecule has 0 aromatic carbocycles. The smallest absolute Gasteiger partial charge is 1.00 e. The number of hydrogen-bond acceptors (Lipinski definition) is 0. The Kier molecular flexibility index (Phi) is 1760. The fourth-order valence-electron chi connectivity index (χ4n) is 0. The quantitative estimate of drug-likeness (QED) is 0.168. The molecule has 2 radical (unpaired) electrons. The summed E-state index contributed by atoms with van der Waals surface area (Å²) in [5.74, 6) is 0. The van der Waals surface area contributed by atoms with Crippen molar-refractivity contribution in [2.45, 2.75) is 0 Å². The van der Waals surface area contributed by atoms with E-state index in [9.17, 15) is 0 Å². The average Bonchev–Trinajstić information content (AvgIpc) is 0. The topological polar surface area (TPSA) is 0 Å². The van der Waals surface area contributed by atoms with Crippen LogP contribution >= 0.6 is 0 Å². The molecule has 0 saturated carbocycles. The zero-order chi connectivity index (χ0) is 0. The van der Waals surface area contributed by atoms with Crippen molar-refractivity contribution >= 4 is 272 Å². The summed E-state index contributed by atoms with van der Waals surface area (Å²) in [6.07, 6.45) is 0. The van der Waals surface area contributed by atoms with Gasteiger partial charge < -0.3 is 360 Å². The minimum Gasteiger partial charge on any atom is -1.00 e. The van der Waals surface area contributed by atoms with Crippen molar-refractivity contribution in [3.8, 4) is 0 Å². The van der Waals surface area contributed by atoms with Crippen LogP contribution in [0.15, 0.2) is 0 Å². The van der Waals surface area contributed by atoms with Crippen molar-refractivity contribution in [2.24, 2.45) is 0 Å². The van der Waals surface area contributed by atoms with Gasteiger partial charge in [-0.3, -0.25) is 0 Å². The van der Waals surface area contributed by atoms with Gasteiger partial charge in [0.2, 0.25) is 0 Å². The van der Waals surface area contributed by atoms with Gasteiger partial charge in [0, 0.05) is 0 Å². The van der Waals surface area contributed by atoms with E-state index >= 15 is 0 Å². The first kappa shape index (κ1) is 217. The zero-order valence-electron chi connectivity index (χ0n) is 11.3. The summed E-state index contributed by atoms with van der Waals surface area (Å²) in [4.78, 5) is 0. The Labute approximate surface area is 610 Å². The predicted molar refractivity (Wildman–Crippen MR) is 57.5 cm³/mol. The molecule has 0 aromatic rings. The van der Waals surface area contributed by atoms with Gasteiger partial charge in [0.1, 0.15) is 0 Å². The Morgan fingerprint density at radius 1 is 0.120 bits per heavy atom. The van der Waals surface area contributed by atoms with E-state index in [0.717, 1.165) is 0 Å². The van der Waals surface area contributed by atoms with E-state index in [1.807, 2.05) is 0 Å². The largest absolute Gasteiger partial charge is 3.00 e. The molecule has 0 aliphatic heterocycles. The molecule has 0 aliphatic rings. The van der Waals surface area contributed by atoms with E-state index in [4.69, 9.17) is 0 Å². The summed E-state index contributed by atoms with van der Waals surface area (Å²) >= 11 is 0. The van der Waals surface area contributed by atoms with E-state index in [0.29, 0.717) is 0 Å². The van der Waals surface area contributed by atoms with Crippen molar-refractivity contribution in [1.82, 2.24) is 0 Å². The molecule has 0 saturated heterocycles. The van der Waals surface area contributed by atoms with Crippen molar-refractivity contribution in [3.63, 3.8) is 0 Å². The molecule has 0 aromatic heterocycles. The van der Waals surface area contributed by atoms with Crippen LogP contribution in [0.25, 0.3) is 0 Å². The first-order valence-electron chi connectivity index (χ1n) is 0. The van der Waals surface area contributed by atoms with Crippen LogP contribution < -0.4 is 360 Å². The Balaban J connectivity index is 0. The van der Waals surface area contributed by atoms with Crippen molar-refractivity contribution in [3.05, 3.63) is 0 Å². The maximum atomic E-state index is 0. The third-order valence-corrected chi connectivity index (χ3v) is 0. The molecular formula is BiI15Tl9-3. The molecule has 0 unspecified atom stereocenters. The SMILES string of the molecule is [Bi+3].[I-].[I-].[I-].[I-].[I-].[I-].[I-].[I-].[I-].[I-].[I-].[I-].[I-].[I-].[I-].[Tl+].[Tl+].[Tl+].[Tl+].[Tl+].[Tl+].[Tl+].[Tl+].[Tl+]. The normalized spacial score (nSPS) is 0. The molecule has 0 rings (SSSR count).